The summed E-state index contributed by atoms with van der Waals surface area (Å²) in [6.45, 7) is 2.67. The van der Waals surface area contributed by atoms with Crippen molar-refractivity contribution in [3.05, 3.63) is 36.9 Å². The van der Waals surface area contributed by atoms with Crippen LogP contribution >= 0.6 is 11.8 Å². The number of ether oxygens (including phenoxy) is 2. The number of aromatic nitrogens is 2. The molecule has 122 valence electrons. The van der Waals surface area contributed by atoms with Crippen molar-refractivity contribution in [2.75, 3.05) is 25.5 Å². The summed E-state index contributed by atoms with van der Waals surface area (Å²) in [5, 5.41) is 2.93. The number of hydrogen-bond donors (Lipinski definition) is 1. The van der Waals surface area contributed by atoms with Crippen molar-refractivity contribution in [3.8, 4) is 11.5 Å². The van der Waals surface area contributed by atoms with Crippen molar-refractivity contribution in [3.63, 3.8) is 0 Å². The molecule has 0 spiro atoms. The third-order valence-corrected chi connectivity index (χ3v) is 4.35. The zero-order chi connectivity index (χ0) is 15.9. The van der Waals surface area contributed by atoms with E-state index in [1.165, 1.54) is 11.8 Å². The first-order valence-electron chi connectivity index (χ1n) is 7.56. The zero-order valence-corrected chi connectivity index (χ0v) is 13.6. The van der Waals surface area contributed by atoms with Crippen molar-refractivity contribution in [1.29, 1.82) is 0 Å². The standard InChI is InChI=1S/C16H19N3O3S/c20-16(18-4-1-6-19-7-5-17-12-19)11-23-13-2-3-14-15(10-13)22-9-8-21-14/h2-3,5,7,10,12H,1,4,6,8-9,11H2,(H,18,20). The van der Waals surface area contributed by atoms with Gasteiger partial charge in [0.15, 0.2) is 11.5 Å². The van der Waals surface area contributed by atoms with Crippen LogP contribution in [0.3, 0.4) is 0 Å². The molecule has 1 aromatic carbocycles. The fourth-order valence-electron chi connectivity index (χ4n) is 2.22. The smallest absolute Gasteiger partial charge is 0.230 e. The van der Waals surface area contributed by atoms with Crippen LogP contribution in [0.2, 0.25) is 0 Å². The minimum atomic E-state index is 0.0375. The van der Waals surface area contributed by atoms with Gasteiger partial charge in [-0.2, -0.15) is 0 Å². The quantitative estimate of drug-likeness (QED) is 0.620. The molecule has 7 heteroatoms. The predicted octanol–water partition coefficient (Wildman–Crippen LogP) is 1.95. The topological polar surface area (TPSA) is 65.4 Å². The molecule has 0 atom stereocenters. The van der Waals surface area contributed by atoms with Crippen molar-refractivity contribution in [2.24, 2.45) is 0 Å². The van der Waals surface area contributed by atoms with E-state index in [2.05, 4.69) is 10.3 Å². The lowest BCUT2D eigenvalue weighted by Crippen LogP contribution is -2.26. The van der Waals surface area contributed by atoms with Crippen LogP contribution in [-0.2, 0) is 11.3 Å². The molecule has 0 aliphatic carbocycles. The summed E-state index contributed by atoms with van der Waals surface area (Å²) < 4.78 is 13.0. The van der Waals surface area contributed by atoms with Gasteiger partial charge in [-0.1, -0.05) is 0 Å². The van der Waals surface area contributed by atoms with Crippen LogP contribution in [0.4, 0.5) is 0 Å². The lowest BCUT2D eigenvalue weighted by molar-refractivity contribution is -0.118. The zero-order valence-electron chi connectivity index (χ0n) is 12.7. The van der Waals surface area contributed by atoms with Crippen LogP contribution in [0.15, 0.2) is 41.8 Å². The molecule has 2 heterocycles. The van der Waals surface area contributed by atoms with Crippen LogP contribution < -0.4 is 14.8 Å². The summed E-state index contributed by atoms with van der Waals surface area (Å²) in [5.41, 5.74) is 0. The Labute approximate surface area is 139 Å². The summed E-state index contributed by atoms with van der Waals surface area (Å²) in [5.74, 6) is 1.95. The lowest BCUT2D eigenvalue weighted by atomic mass is 10.3. The van der Waals surface area contributed by atoms with E-state index in [1.54, 1.807) is 12.5 Å². The van der Waals surface area contributed by atoms with E-state index in [9.17, 15) is 4.79 Å². The second-order valence-corrected chi connectivity index (χ2v) is 6.15. The van der Waals surface area contributed by atoms with E-state index >= 15 is 0 Å². The minimum absolute atomic E-state index is 0.0375. The van der Waals surface area contributed by atoms with Gasteiger partial charge in [0.25, 0.3) is 0 Å². The molecule has 0 bridgehead atoms. The molecule has 0 radical (unpaired) electrons. The minimum Gasteiger partial charge on any atom is -0.486 e. The third-order valence-electron chi connectivity index (χ3n) is 3.36. The fraction of sp³-hybridized carbons (Fsp3) is 0.375. The van der Waals surface area contributed by atoms with Gasteiger partial charge in [-0.05, 0) is 24.6 Å². The maximum atomic E-state index is 11.9. The molecule has 23 heavy (non-hydrogen) atoms. The number of rotatable bonds is 7. The summed E-state index contributed by atoms with van der Waals surface area (Å²) in [6.07, 6.45) is 6.33. The SMILES string of the molecule is O=C(CSc1ccc2c(c1)OCCO2)NCCCn1ccnc1. The van der Waals surface area contributed by atoms with Crippen molar-refractivity contribution in [2.45, 2.75) is 17.9 Å². The maximum Gasteiger partial charge on any atom is 0.230 e. The molecule has 0 saturated heterocycles. The highest BCUT2D eigenvalue weighted by molar-refractivity contribution is 8.00. The lowest BCUT2D eigenvalue weighted by Gasteiger charge is -2.18. The molecule has 6 nitrogen and oxygen atoms in total. The molecule has 1 aromatic heterocycles. The molecule has 1 aliphatic heterocycles. The Bertz CT molecular complexity index is 646. The first-order chi connectivity index (χ1) is 11.3. The Morgan fingerprint density at radius 2 is 2.17 bits per heavy atom. The highest BCUT2D eigenvalue weighted by Crippen LogP contribution is 2.34. The van der Waals surface area contributed by atoms with Gasteiger partial charge in [-0.15, -0.1) is 11.8 Å². The fourth-order valence-corrected chi connectivity index (χ4v) is 2.98. The average Bonchev–Trinajstić information content (AvgIpc) is 3.10. The number of amides is 1. The second-order valence-electron chi connectivity index (χ2n) is 5.10. The van der Waals surface area contributed by atoms with Crippen LogP contribution in [0.5, 0.6) is 11.5 Å². The Morgan fingerprint density at radius 3 is 3.00 bits per heavy atom. The van der Waals surface area contributed by atoms with Gasteiger partial charge in [0, 0.05) is 30.4 Å². The number of benzene rings is 1. The summed E-state index contributed by atoms with van der Waals surface area (Å²) >= 11 is 1.49. The average molecular weight is 333 g/mol. The Hall–Kier alpha value is -2.15. The van der Waals surface area contributed by atoms with E-state index in [-0.39, 0.29) is 5.91 Å². The first kappa shape index (κ1) is 15.7. The molecular formula is C16H19N3O3S. The number of imidazole rings is 1. The van der Waals surface area contributed by atoms with Gasteiger partial charge >= 0.3 is 0 Å². The number of carbonyl (C=O) groups is 1. The highest BCUT2D eigenvalue weighted by Gasteiger charge is 2.12. The summed E-state index contributed by atoms with van der Waals surface area (Å²) in [4.78, 5) is 16.8. The van der Waals surface area contributed by atoms with E-state index in [0.29, 0.717) is 25.5 Å². The summed E-state index contributed by atoms with van der Waals surface area (Å²) in [6, 6.07) is 5.76. The van der Waals surface area contributed by atoms with Crippen LogP contribution in [0, 0.1) is 0 Å². The molecule has 3 rings (SSSR count). The van der Waals surface area contributed by atoms with Gasteiger partial charge < -0.3 is 19.4 Å². The Balaban J connectivity index is 1.37. The Kier molecular flexibility index (Phi) is 5.42. The highest BCUT2D eigenvalue weighted by atomic mass is 32.2. The number of nitrogens with one attached hydrogen (secondary N) is 1. The van der Waals surface area contributed by atoms with E-state index < -0.39 is 0 Å². The molecule has 1 amide bonds. The molecule has 0 fully saturated rings. The number of hydrogen-bond acceptors (Lipinski definition) is 5. The van der Waals surface area contributed by atoms with E-state index in [0.717, 1.165) is 29.4 Å². The van der Waals surface area contributed by atoms with Gasteiger partial charge in [0.05, 0.1) is 12.1 Å². The van der Waals surface area contributed by atoms with Gasteiger partial charge in [0.2, 0.25) is 5.91 Å². The number of aryl methyl sites for hydroxylation is 1. The largest absolute Gasteiger partial charge is 0.486 e. The van der Waals surface area contributed by atoms with Gasteiger partial charge in [-0.3, -0.25) is 4.79 Å². The number of nitrogens with zero attached hydrogens (tertiary/aromatic N) is 2. The van der Waals surface area contributed by atoms with Gasteiger partial charge in [-0.25, -0.2) is 4.98 Å². The number of carbonyl (C=O) groups excluding carboxylic acids is 1. The molecule has 0 unspecified atom stereocenters. The molecule has 1 N–H and O–H groups in total. The molecule has 1 aliphatic rings. The molecule has 0 saturated carbocycles. The van der Waals surface area contributed by atoms with Crippen molar-refractivity contribution < 1.29 is 14.3 Å². The second kappa shape index (κ2) is 7.92. The molecular weight excluding hydrogens is 314 g/mol. The number of fused-ring (bicyclic) bond motifs is 1. The first-order valence-corrected chi connectivity index (χ1v) is 8.55. The molecule has 2 aromatic rings. The van der Waals surface area contributed by atoms with Crippen LogP contribution in [-0.4, -0.2) is 41.0 Å². The van der Waals surface area contributed by atoms with Gasteiger partial charge in [0.1, 0.15) is 13.2 Å². The van der Waals surface area contributed by atoms with E-state index in [1.807, 2.05) is 29.0 Å². The monoisotopic (exact) mass is 333 g/mol. The maximum absolute atomic E-state index is 11.9. The van der Waals surface area contributed by atoms with Crippen molar-refractivity contribution >= 4 is 17.7 Å². The Morgan fingerprint density at radius 1 is 1.30 bits per heavy atom. The van der Waals surface area contributed by atoms with E-state index in [4.69, 9.17) is 9.47 Å². The van der Waals surface area contributed by atoms with Crippen LogP contribution in [0.1, 0.15) is 6.42 Å². The summed E-state index contributed by atoms with van der Waals surface area (Å²) in [7, 11) is 0. The van der Waals surface area contributed by atoms with Crippen molar-refractivity contribution in [1.82, 2.24) is 14.9 Å². The van der Waals surface area contributed by atoms with Crippen LogP contribution in [0.25, 0.3) is 0 Å². The normalized spacial score (nSPS) is 12.9. The predicted molar refractivity (Wildman–Crippen MR) is 88.0 cm³/mol. The number of thioether (sulfide) groups is 1. The third kappa shape index (κ3) is 4.66.